The van der Waals surface area contributed by atoms with Gasteiger partial charge in [0.05, 0.1) is 23.6 Å². The number of fused-ring (bicyclic) bond motifs is 3. The molecule has 0 spiro atoms. The Balaban J connectivity index is 0.00000193. The van der Waals surface area contributed by atoms with Gasteiger partial charge >= 0.3 is 0 Å². The average molecular weight is 575 g/mol. The second kappa shape index (κ2) is 12.9. The quantitative estimate of drug-likeness (QED) is 0.241. The third kappa shape index (κ3) is 5.15. The molecule has 0 saturated heterocycles. The van der Waals surface area contributed by atoms with Crippen LogP contribution in [0.1, 0.15) is 44.7 Å². The number of nitrogens with zero attached hydrogens (tertiary/aromatic N) is 1. The van der Waals surface area contributed by atoms with Crippen LogP contribution in [0.25, 0.3) is 5.76 Å². The molecule has 0 radical (unpaired) electrons. The molecule has 2 unspecified atom stereocenters. The molecule has 1 aromatic rings. The maximum atomic E-state index is 13.7. The predicted molar refractivity (Wildman–Crippen MR) is 145 cm³/mol. The van der Waals surface area contributed by atoms with Crippen LogP contribution in [0.3, 0.4) is 0 Å². The van der Waals surface area contributed by atoms with Crippen LogP contribution in [0.2, 0.25) is 0 Å². The lowest BCUT2D eigenvalue weighted by molar-refractivity contribution is -0.169. The van der Waals surface area contributed by atoms with Crippen LogP contribution in [0.4, 0.5) is 0 Å². The van der Waals surface area contributed by atoms with E-state index in [-0.39, 0.29) is 36.6 Å². The van der Waals surface area contributed by atoms with E-state index in [2.05, 4.69) is 0 Å². The summed E-state index contributed by atoms with van der Waals surface area (Å²) in [5, 5.41) is 62.8. The highest BCUT2D eigenvalue weighted by Gasteiger charge is 2.68. The fourth-order valence-corrected chi connectivity index (χ4v) is 5.58. The highest BCUT2D eigenvalue weighted by Crippen LogP contribution is 2.55. The smallest absolute Gasteiger partial charge is 0.255 e. The molecule has 10 N–H and O–H groups in total. The summed E-state index contributed by atoms with van der Waals surface area (Å²) >= 11 is 0. The number of primary amides is 1. The third-order valence-corrected chi connectivity index (χ3v) is 7.22. The topological polar surface area (TPSA) is 233 Å². The van der Waals surface area contributed by atoms with Crippen LogP contribution in [0.15, 0.2) is 35.1 Å². The van der Waals surface area contributed by atoms with E-state index in [9.17, 15) is 39.9 Å². The lowest BCUT2D eigenvalue weighted by atomic mass is 9.54. The summed E-state index contributed by atoms with van der Waals surface area (Å²) < 4.78 is 0. The van der Waals surface area contributed by atoms with Gasteiger partial charge in [0.25, 0.3) is 5.91 Å². The lowest BCUT2D eigenvalue weighted by Gasteiger charge is -2.53. The van der Waals surface area contributed by atoms with Gasteiger partial charge in [0.2, 0.25) is 5.78 Å². The van der Waals surface area contributed by atoms with Crippen LogP contribution in [0, 0.1) is 11.8 Å². The first-order valence-corrected chi connectivity index (χ1v) is 11.5. The number of benzene rings is 1. The van der Waals surface area contributed by atoms with E-state index in [1.54, 1.807) is 19.1 Å². The lowest BCUT2D eigenvalue weighted by Crippen LogP contribution is -2.70. The first kappa shape index (κ1) is 36.0. The van der Waals surface area contributed by atoms with E-state index in [1.807, 2.05) is 6.92 Å². The van der Waals surface area contributed by atoms with Gasteiger partial charge in [-0.25, -0.2) is 0 Å². The molecule has 0 bridgehead atoms. The summed E-state index contributed by atoms with van der Waals surface area (Å²) in [4.78, 5) is 40.0. The van der Waals surface area contributed by atoms with Crippen LogP contribution in [-0.2, 0) is 14.4 Å². The van der Waals surface area contributed by atoms with Crippen molar-refractivity contribution in [1.29, 1.82) is 0 Å². The van der Waals surface area contributed by atoms with E-state index in [4.69, 9.17) is 10.8 Å². The fraction of sp³-hybridized carbons (Fsp3) is 0.500. The second-order valence-corrected chi connectivity index (χ2v) is 9.51. The summed E-state index contributed by atoms with van der Waals surface area (Å²) in [7, 11) is 2.92. The molecule has 1 amide bonds. The van der Waals surface area contributed by atoms with Crippen LogP contribution in [0.5, 0.6) is 5.75 Å². The summed E-state index contributed by atoms with van der Waals surface area (Å²) in [6.07, 6.45) is -0.715. The van der Waals surface area contributed by atoms with Gasteiger partial charge in [-0.3, -0.25) is 19.3 Å². The van der Waals surface area contributed by atoms with E-state index in [0.717, 1.165) is 6.42 Å². The molecule has 4 rings (SSSR count). The Hall–Kier alpha value is -3.00. The monoisotopic (exact) mass is 574 g/mol. The maximum absolute atomic E-state index is 13.7. The molecule has 13 heteroatoms. The Kier molecular flexibility index (Phi) is 11.9. The van der Waals surface area contributed by atoms with Gasteiger partial charge in [-0.2, -0.15) is 0 Å². The Labute approximate surface area is 232 Å². The number of nitrogens with two attached hydrogens (primary N) is 1. The minimum atomic E-state index is -2.89. The molecular weight excluding hydrogens is 536 g/mol. The Morgan fingerprint density at radius 3 is 2.15 bits per heavy atom. The van der Waals surface area contributed by atoms with Gasteiger partial charge in [0.15, 0.2) is 11.4 Å². The number of phenolic OH excluding ortho intramolecular Hbond substituents is 1. The SMILES string of the molecule is C.CCCO.C[C@H]1c2cccc(O)c2C(O)=C2C(=O)[C@]3(O)C(O)=C(C(N)=O)C(=O)[C@@H](N(C)C)C3[C@H](O)C21.Cl.O. The first-order valence-electron chi connectivity index (χ1n) is 11.5. The van der Waals surface area contributed by atoms with Crippen molar-refractivity contribution in [3.8, 4) is 5.75 Å². The van der Waals surface area contributed by atoms with E-state index in [1.165, 1.54) is 25.1 Å². The average Bonchev–Trinajstić information content (AvgIpc) is 2.81. The zero-order valence-corrected chi connectivity index (χ0v) is 22.2. The zero-order valence-electron chi connectivity index (χ0n) is 21.4. The number of likely N-dealkylation sites (N-methyl/N-ethyl adjacent to an activating group) is 1. The first-order chi connectivity index (χ1) is 16.8. The number of amides is 1. The van der Waals surface area contributed by atoms with Crippen molar-refractivity contribution in [2.24, 2.45) is 17.6 Å². The maximum Gasteiger partial charge on any atom is 0.255 e. The van der Waals surface area contributed by atoms with Gasteiger partial charge in [-0.05, 0) is 38.1 Å². The summed E-state index contributed by atoms with van der Waals surface area (Å²) in [5.74, 6) is -8.87. The number of ketones is 2. The molecule has 220 valence electrons. The summed E-state index contributed by atoms with van der Waals surface area (Å²) in [6.45, 7) is 3.93. The van der Waals surface area contributed by atoms with Gasteiger partial charge in [-0.1, -0.05) is 33.4 Å². The highest BCUT2D eigenvalue weighted by molar-refractivity contribution is 6.24. The Bertz CT molecular complexity index is 1180. The number of halogens is 1. The van der Waals surface area contributed by atoms with Crippen molar-refractivity contribution in [3.63, 3.8) is 0 Å². The number of phenols is 1. The molecule has 1 fully saturated rings. The Morgan fingerprint density at radius 1 is 1.15 bits per heavy atom. The van der Waals surface area contributed by atoms with Crippen molar-refractivity contribution in [2.75, 3.05) is 20.7 Å². The van der Waals surface area contributed by atoms with Crippen molar-refractivity contribution in [3.05, 3.63) is 46.2 Å². The van der Waals surface area contributed by atoms with Crippen molar-refractivity contribution >= 4 is 35.6 Å². The van der Waals surface area contributed by atoms with E-state index >= 15 is 0 Å². The molecular formula is C26H39ClN2O10. The molecule has 3 aliphatic rings. The summed E-state index contributed by atoms with van der Waals surface area (Å²) in [5.41, 5.74) is 1.47. The number of aliphatic hydroxyl groups excluding tert-OH is 4. The molecule has 1 saturated carbocycles. The molecule has 0 aromatic heterocycles. The number of aromatic hydroxyl groups is 1. The van der Waals surface area contributed by atoms with Gasteiger partial charge in [0, 0.05) is 18.1 Å². The fourth-order valence-electron chi connectivity index (χ4n) is 5.58. The molecule has 39 heavy (non-hydrogen) atoms. The second-order valence-electron chi connectivity index (χ2n) is 9.51. The predicted octanol–water partition coefficient (Wildman–Crippen LogP) is 0.118. The van der Waals surface area contributed by atoms with Gasteiger partial charge in [-0.15, -0.1) is 12.4 Å². The van der Waals surface area contributed by atoms with Crippen LogP contribution in [-0.4, -0.2) is 96.9 Å². The molecule has 1 aromatic carbocycles. The molecule has 3 aliphatic carbocycles. The minimum absolute atomic E-state index is 0. The number of hydrogen-bond donors (Lipinski definition) is 7. The van der Waals surface area contributed by atoms with Gasteiger partial charge in [0.1, 0.15) is 22.8 Å². The number of carbonyl (C=O) groups is 3. The van der Waals surface area contributed by atoms with Crippen molar-refractivity contribution in [2.45, 2.75) is 51.4 Å². The van der Waals surface area contributed by atoms with Crippen LogP contribution < -0.4 is 5.73 Å². The number of carbonyl (C=O) groups excluding carboxylic acids is 3. The number of Topliss-reactive ketones (excluding diaryl/α,β-unsaturated/α-hetero) is 2. The van der Waals surface area contributed by atoms with E-state index < -0.39 is 75.6 Å². The number of rotatable bonds is 3. The Morgan fingerprint density at radius 2 is 1.69 bits per heavy atom. The van der Waals surface area contributed by atoms with Crippen molar-refractivity contribution < 1.29 is 50.5 Å². The number of aliphatic hydroxyl groups is 5. The standard InChI is InChI=1S/C22H24N2O8.C3H8O.CH4.ClH.H2O/c1-7-8-5-4-6-9(25)11(8)16(26)12-10(7)17(27)14-15(24(2)3)18(28)13(21(23)31)20(30)22(14,32)19(12)29;1-2-3-4;;;/h4-7,10,14-15,17,25-27,30,32H,1-3H3,(H2,23,31);4H,2-3H2,1H3;1H4;1H;1H2/t7-,10?,14?,15-,17+,22-;;;;/m0..../s1. The normalized spacial score (nSPS) is 29.0. The largest absolute Gasteiger partial charge is 0.508 e. The highest BCUT2D eigenvalue weighted by atomic mass is 35.5. The number of hydrogen-bond acceptors (Lipinski definition) is 10. The van der Waals surface area contributed by atoms with Gasteiger partial charge < -0.3 is 41.8 Å². The van der Waals surface area contributed by atoms with E-state index in [0.29, 0.717) is 12.2 Å². The third-order valence-electron chi connectivity index (χ3n) is 7.22. The molecule has 0 heterocycles. The van der Waals surface area contributed by atoms with Crippen LogP contribution >= 0.6 is 12.4 Å². The molecule has 6 atom stereocenters. The molecule has 0 aliphatic heterocycles. The minimum Gasteiger partial charge on any atom is -0.508 e. The van der Waals surface area contributed by atoms with Crippen molar-refractivity contribution in [1.82, 2.24) is 4.90 Å². The zero-order chi connectivity index (χ0) is 27.3. The summed E-state index contributed by atoms with van der Waals surface area (Å²) in [6, 6.07) is 3.13. The molecule has 12 nitrogen and oxygen atoms in total.